The highest BCUT2D eigenvalue weighted by Crippen LogP contribution is 2.31. The SMILES string of the molecule is CCCCC(=O)N(Cc1ccc(-c2cc(-c3ccccc3)ccc2C2=NCN=N2)cn1)[C@H](C(=O)O)C(C)C.S. The first-order chi connectivity index (χ1) is 18.4. The third-order valence-electron chi connectivity index (χ3n) is 6.57. The van der Waals surface area contributed by atoms with E-state index in [-0.39, 0.29) is 31.9 Å². The minimum absolute atomic E-state index is 0. The van der Waals surface area contributed by atoms with Gasteiger partial charge in [0.15, 0.2) is 12.5 Å². The number of aromatic nitrogens is 1. The third-order valence-corrected chi connectivity index (χ3v) is 6.57. The van der Waals surface area contributed by atoms with Crippen LogP contribution in [0.5, 0.6) is 0 Å². The molecule has 9 heteroatoms. The highest BCUT2D eigenvalue weighted by atomic mass is 32.1. The quantitative estimate of drug-likeness (QED) is 0.304. The van der Waals surface area contributed by atoms with Crippen LogP contribution in [0, 0.1) is 5.92 Å². The lowest BCUT2D eigenvalue weighted by molar-refractivity contribution is -0.153. The molecule has 1 N–H and O–H groups in total. The Labute approximate surface area is 236 Å². The molecule has 3 aromatic rings. The zero-order valence-corrected chi connectivity index (χ0v) is 23.5. The number of aliphatic carboxylic acids is 1. The van der Waals surface area contributed by atoms with Gasteiger partial charge in [0.05, 0.1) is 12.2 Å². The van der Waals surface area contributed by atoms with Crippen LogP contribution in [-0.2, 0) is 16.1 Å². The fraction of sp³-hybridized carbons (Fsp3) is 0.333. The summed E-state index contributed by atoms with van der Waals surface area (Å²) in [6.45, 7) is 6.10. The number of nitrogens with zero attached hydrogens (tertiary/aromatic N) is 5. The summed E-state index contributed by atoms with van der Waals surface area (Å²) in [6, 6.07) is 19.1. The van der Waals surface area contributed by atoms with Crippen LogP contribution >= 0.6 is 13.5 Å². The van der Waals surface area contributed by atoms with Crippen LogP contribution in [0.15, 0.2) is 82.1 Å². The molecule has 1 aromatic heterocycles. The largest absolute Gasteiger partial charge is 0.480 e. The predicted molar refractivity (Wildman–Crippen MR) is 158 cm³/mol. The van der Waals surface area contributed by atoms with Crippen LogP contribution in [0.2, 0.25) is 0 Å². The van der Waals surface area contributed by atoms with Gasteiger partial charge < -0.3 is 10.0 Å². The summed E-state index contributed by atoms with van der Waals surface area (Å²) < 4.78 is 0. The molecule has 1 aliphatic heterocycles. The molecule has 0 unspecified atom stereocenters. The summed E-state index contributed by atoms with van der Waals surface area (Å²) in [5.41, 5.74) is 5.43. The summed E-state index contributed by atoms with van der Waals surface area (Å²) in [5, 5.41) is 18.1. The Balaban J connectivity index is 0.00000420. The Morgan fingerprint density at radius 2 is 1.72 bits per heavy atom. The number of benzene rings is 2. The van der Waals surface area contributed by atoms with E-state index in [9.17, 15) is 14.7 Å². The summed E-state index contributed by atoms with van der Waals surface area (Å²) in [4.78, 5) is 35.6. The van der Waals surface area contributed by atoms with Crippen LogP contribution in [0.1, 0.15) is 51.3 Å². The van der Waals surface area contributed by atoms with Crippen LogP contribution in [0.25, 0.3) is 22.3 Å². The van der Waals surface area contributed by atoms with Gasteiger partial charge in [-0.3, -0.25) is 9.78 Å². The topological polar surface area (TPSA) is 108 Å². The summed E-state index contributed by atoms with van der Waals surface area (Å²) >= 11 is 0. The molecule has 0 bridgehead atoms. The predicted octanol–water partition coefficient (Wildman–Crippen LogP) is 6.33. The lowest BCUT2D eigenvalue weighted by Gasteiger charge is -2.31. The minimum Gasteiger partial charge on any atom is -0.480 e. The van der Waals surface area contributed by atoms with Gasteiger partial charge in [-0.15, -0.1) is 5.11 Å². The van der Waals surface area contributed by atoms with E-state index in [1.807, 2.05) is 63.2 Å². The van der Waals surface area contributed by atoms with Crippen LogP contribution < -0.4 is 0 Å². The zero-order chi connectivity index (χ0) is 27.1. The van der Waals surface area contributed by atoms with Gasteiger partial charge in [0.1, 0.15) is 6.04 Å². The molecule has 0 saturated carbocycles. The van der Waals surface area contributed by atoms with Crippen LogP contribution in [0.3, 0.4) is 0 Å². The van der Waals surface area contributed by atoms with Crippen molar-refractivity contribution in [3.05, 3.63) is 78.1 Å². The van der Waals surface area contributed by atoms with Crippen molar-refractivity contribution in [3.63, 3.8) is 0 Å². The normalized spacial score (nSPS) is 13.1. The summed E-state index contributed by atoms with van der Waals surface area (Å²) in [6.07, 6.45) is 3.65. The van der Waals surface area contributed by atoms with Gasteiger partial charge in [0, 0.05) is 23.7 Å². The maximum atomic E-state index is 13.0. The molecule has 4 rings (SSSR count). The molecular formula is C30H35N5O3S. The maximum absolute atomic E-state index is 13.0. The monoisotopic (exact) mass is 545 g/mol. The summed E-state index contributed by atoms with van der Waals surface area (Å²) in [5.74, 6) is -0.823. The minimum atomic E-state index is -1.00. The second kappa shape index (κ2) is 13.8. The number of carbonyl (C=O) groups excluding carboxylic acids is 1. The standard InChI is InChI=1S/C30H33N5O3.H2S/c1-4-5-11-27(36)35(28(20(2)3)30(37)38)18-24-14-12-23(17-31-24)26-16-22(21-9-7-6-8-10-21)13-15-25(26)29-32-19-33-34-29;/h6-10,12-17,20,28H,4-5,11,18-19H2,1-3H3,(H,37,38);1H2/t28-;/m0./s1. The molecule has 2 heterocycles. The van der Waals surface area contributed by atoms with Crippen molar-refractivity contribution in [1.29, 1.82) is 0 Å². The lowest BCUT2D eigenvalue weighted by atomic mass is 9.94. The molecule has 0 radical (unpaired) electrons. The van der Waals surface area contributed by atoms with Crippen molar-refractivity contribution in [2.45, 2.75) is 52.6 Å². The molecule has 0 aliphatic carbocycles. The van der Waals surface area contributed by atoms with Crippen LogP contribution in [-0.4, -0.2) is 45.4 Å². The molecule has 1 aliphatic rings. The van der Waals surface area contributed by atoms with Gasteiger partial charge in [0.25, 0.3) is 0 Å². The fourth-order valence-corrected chi connectivity index (χ4v) is 4.60. The van der Waals surface area contributed by atoms with Crippen molar-refractivity contribution >= 4 is 31.2 Å². The molecule has 1 amide bonds. The number of carboxylic acid groups (broad SMARTS) is 1. The Morgan fingerprint density at radius 1 is 0.974 bits per heavy atom. The Hall–Kier alpha value is -3.85. The average molecular weight is 546 g/mol. The Bertz CT molecular complexity index is 1340. The molecule has 0 fully saturated rings. The van der Waals surface area contributed by atoms with E-state index in [4.69, 9.17) is 0 Å². The molecule has 8 nitrogen and oxygen atoms in total. The maximum Gasteiger partial charge on any atom is 0.326 e. The van der Waals surface area contributed by atoms with Gasteiger partial charge >= 0.3 is 5.97 Å². The van der Waals surface area contributed by atoms with Crippen molar-refractivity contribution in [2.75, 3.05) is 6.67 Å². The number of azo groups is 1. The highest BCUT2D eigenvalue weighted by Gasteiger charge is 2.32. The van der Waals surface area contributed by atoms with E-state index in [1.165, 1.54) is 4.90 Å². The second-order valence-electron chi connectivity index (χ2n) is 9.68. The van der Waals surface area contributed by atoms with Gasteiger partial charge in [-0.1, -0.05) is 69.7 Å². The fourth-order valence-electron chi connectivity index (χ4n) is 4.60. The summed E-state index contributed by atoms with van der Waals surface area (Å²) in [7, 11) is 0. The number of amides is 1. The van der Waals surface area contributed by atoms with E-state index >= 15 is 0 Å². The average Bonchev–Trinajstić information content (AvgIpc) is 3.46. The Kier molecular flexibility index (Phi) is 10.5. The number of amidine groups is 1. The molecule has 204 valence electrons. The van der Waals surface area contributed by atoms with E-state index in [0.29, 0.717) is 31.0 Å². The first-order valence-corrected chi connectivity index (χ1v) is 13.0. The first-order valence-electron chi connectivity index (χ1n) is 13.0. The van der Waals surface area contributed by atoms with E-state index in [0.717, 1.165) is 34.2 Å². The van der Waals surface area contributed by atoms with Gasteiger partial charge in [-0.05, 0) is 47.2 Å². The number of rotatable bonds is 11. The second-order valence-corrected chi connectivity index (χ2v) is 9.68. The first kappa shape index (κ1) is 29.7. The number of hydrogen-bond donors (Lipinski definition) is 1. The molecular weight excluding hydrogens is 510 g/mol. The number of unbranched alkanes of at least 4 members (excludes halogenated alkanes) is 1. The van der Waals surface area contributed by atoms with Crippen molar-refractivity contribution in [3.8, 4) is 22.3 Å². The molecule has 0 spiro atoms. The highest BCUT2D eigenvalue weighted by molar-refractivity contribution is 7.59. The lowest BCUT2D eigenvalue weighted by Crippen LogP contribution is -2.47. The van der Waals surface area contributed by atoms with Crippen molar-refractivity contribution in [2.24, 2.45) is 21.1 Å². The number of hydrogen-bond acceptors (Lipinski definition) is 6. The molecule has 2 aromatic carbocycles. The Morgan fingerprint density at radius 3 is 2.31 bits per heavy atom. The van der Waals surface area contributed by atoms with E-state index < -0.39 is 12.0 Å². The van der Waals surface area contributed by atoms with Gasteiger partial charge in [0.2, 0.25) is 5.91 Å². The molecule has 1 atom stereocenters. The van der Waals surface area contributed by atoms with Crippen molar-refractivity contribution < 1.29 is 14.7 Å². The number of carboxylic acids is 1. The molecule has 39 heavy (non-hydrogen) atoms. The number of aliphatic imine (C=N–C) groups is 1. The van der Waals surface area contributed by atoms with Gasteiger partial charge in [-0.25, -0.2) is 9.79 Å². The smallest absolute Gasteiger partial charge is 0.326 e. The molecule has 0 saturated heterocycles. The van der Waals surface area contributed by atoms with E-state index in [1.54, 1.807) is 6.20 Å². The van der Waals surface area contributed by atoms with Crippen molar-refractivity contribution in [1.82, 2.24) is 9.88 Å². The number of carbonyl (C=O) groups is 2. The van der Waals surface area contributed by atoms with E-state index in [2.05, 4.69) is 38.4 Å². The zero-order valence-electron chi connectivity index (χ0n) is 22.5. The van der Waals surface area contributed by atoms with Gasteiger partial charge in [-0.2, -0.15) is 18.6 Å². The third kappa shape index (κ3) is 7.17. The van der Waals surface area contributed by atoms with Crippen LogP contribution in [0.4, 0.5) is 0 Å². The number of pyridine rings is 1.